The Morgan fingerprint density at radius 2 is 0.964 bits per heavy atom. The molecule has 0 heterocycles. The summed E-state index contributed by atoms with van der Waals surface area (Å²) in [5.41, 5.74) is 1.10. The van der Waals surface area contributed by atoms with Crippen molar-refractivity contribution in [1.29, 1.82) is 0 Å². The van der Waals surface area contributed by atoms with Crippen LogP contribution in [0, 0.1) is 0 Å². The molecule has 2 N–H and O–H groups in total. The molecule has 28 heavy (non-hydrogen) atoms. The van der Waals surface area contributed by atoms with E-state index in [2.05, 4.69) is 10.6 Å². The second kappa shape index (κ2) is 12.0. The van der Waals surface area contributed by atoms with Crippen molar-refractivity contribution >= 4 is 45.6 Å². The zero-order chi connectivity index (χ0) is 20.2. The van der Waals surface area contributed by atoms with Gasteiger partial charge in [0.25, 0.3) is 0 Å². The number of hydrogen-bond donors (Lipinski definition) is 2. The quantitative estimate of drug-likeness (QED) is 0.610. The number of carbonyl (C=O) groups is 4. The Morgan fingerprint density at radius 3 is 1.32 bits per heavy atom. The van der Waals surface area contributed by atoms with Crippen molar-refractivity contribution in [3.63, 3.8) is 0 Å². The normalized spacial score (nSPS) is 10.1. The molecule has 0 saturated carbocycles. The molecule has 0 aliphatic heterocycles. The standard InChI is InChI=1S/C20H20N2O4S2/c23-17(13-27-19(25)15-7-3-1-4-8-15)21-11-12-22-18(24)14-28-20(26)16-9-5-2-6-10-16/h1-10H,11-14H2,(H,21,23)(H,22,24). The summed E-state index contributed by atoms with van der Waals surface area (Å²) in [7, 11) is 0. The Hall–Kier alpha value is -2.58. The number of thioether (sulfide) groups is 2. The number of nitrogens with one attached hydrogen (secondary N) is 2. The van der Waals surface area contributed by atoms with Gasteiger partial charge < -0.3 is 10.6 Å². The van der Waals surface area contributed by atoms with Crippen molar-refractivity contribution in [3.8, 4) is 0 Å². The van der Waals surface area contributed by atoms with Gasteiger partial charge in [-0.25, -0.2) is 0 Å². The third-order valence-electron chi connectivity index (χ3n) is 3.46. The summed E-state index contributed by atoms with van der Waals surface area (Å²) in [6.45, 7) is 0.504. The zero-order valence-corrected chi connectivity index (χ0v) is 16.7. The average molecular weight is 417 g/mol. The molecule has 2 amide bonds. The van der Waals surface area contributed by atoms with Gasteiger partial charge in [0.1, 0.15) is 0 Å². The molecule has 6 nitrogen and oxygen atoms in total. The topological polar surface area (TPSA) is 92.3 Å². The first kappa shape index (κ1) is 21.7. The highest BCUT2D eigenvalue weighted by Gasteiger charge is 2.11. The summed E-state index contributed by atoms with van der Waals surface area (Å²) >= 11 is 1.86. The van der Waals surface area contributed by atoms with Crippen molar-refractivity contribution in [2.24, 2.45) is 0 Å². The molecule has 0 radical (unpaired) electrons. The maximum atomic E-state index is 11.9. The van der Waals surface area contributed by atoms with Crippen LogP contribution < -0.4 is 10.6 Å². The van der Waals surface area contributed by atoms with E-state index in [0.29, 0.717) is 11.1 Å². The first-order valence-corrected chi connectivity index (χ1v) is 10.5. The summed E-state index contributed by atoms with van der Waals surface area (Å²) in [6, 6.07) is 17.5. The van der Waals surface area contributed by atoms with E-state index in [9.17, 15) is 19.2 Å². The van der Waals surface area contributed by atoms with Gasteiger partial charge in [-0.3, -0.25) is 19.2 Å². The molecule has 0 saturated heterocycles. The summed E-state index contributed by atoms with van der Waals surface area (Å²) in [6.07, 6.45) is 0. The van der Waals surface area contributed by atoms with Crippen LogP contribution in [0.4, 0.5) is 0 Å². The number of benzene rings is 2. The van der Waals surface area contributed by atoms with Crippen molar-refractivity contribution in [2.75, 3.05) is 24.6 Å². The maximum absolute atomic E-state index is 11.9. The molecule has 0 aromatic heterocycles. The smallest absolute Gasteiger partial charge is 0.230 e. The number of rotatable bonds is 9. The third kappa shape index (κ3) is 7.98. The molecule has 0 unspecified atom stereocenters. The highest BCUT2D eigenvalue weighted by molar-refractivity contribution is 8.14. The van der Waals surface area contributed by atoms with Crippen LogP contribution >= 0.6 is 23.5 Å². The Kier molecular flexibility index (Phi) is 9.30. The van der Waals surface area contributed by atoms with Gasteiger partial charge in [0.05, 0.1) is 11.5 Å². The minimum absolute atomic E-state index is 0.0170. The molecule has 0 aliphatic carbocycles. The second-order valence-corrected chi connectivity index (χ2v) is 7.48. The molecule has 0 spiro atoms. The molecule has 2 aromatic rings. The summed E-state index contributed by atoms with van der Waals surface area (Å²) in [4.78, 5) is 47.3. The molecule has 2 aromatic carbocycles. The molecule has 8 heteroatoms. The Balaban J connectivity index is 1.55. The first-order chi connectivity index (χ1) is 13.6. The third-order valence-corrected chi connectivity index (χ3v) is 5.27. The Bertz CT molecular complexity index is 744. The van der Waals surface area contributed by atoms with Gasteiger partial charge >= 0.3 is 0 Å². The predicted molar refractivity (Wildman–Crippen MR) is 112 cm³/mol. The number of amides is 2. The van der Waals surface area contributed by atoms with Gasteiger partial charge in [-0.05, 0) is 0 Å². The molecule has 0 aliphatic rings. The first-order valence-electron chi connectivity index (χ1n) is 8.54. The fraction of sp³-hybridized carbons (Fsp3) is 0.200. The van der Waals surface area contributed by atoms with E-state index in [-0.39, 0.29) is 46.6 Å². The highest BCUT2D eigenvalue weighted by atomic mass is 32.2. The largest absolute Gasteiger partial charge is 0.354 e. The van der Waals surface area contributed by atoms with Crippen LogP contribution in [-0.4, -0.2) is 46.6 Å². The summed E-state index contributed by atoms with van der Waals surface area (Å²) in [5.74, 6) is -0.527. The van der Waals surface area contributed by atoms with E-state index >= 15 is 0 Å². The van der Waals surface area contributed by atoms with E-state index in [1.165, 1.54) is 0 Å². The second-order valence-electron chi connectivity index (χ2n) is 5.58. The van der Waals surface area contributed by atoms with Gasteiger partial charge in [0.15, 0.2) is 0 Å². The zero-order valence-electron chi connectivity index (χ0n) is 15.1. The molecule has 0 atom stereocenters. The highest BCUT2D eigenvalue weighted by Crippen LogP contribution is 2.12. The lowest BCUT2D eigenvalue weighted by molar-refractivity contribution is -0.120. The lowest BCUT2D eigenvalue weighted by atomic mass is 10.2. The molecule has 2 rings (SSSR count). The lowest BCUT2D eigenvalue weighted by Gasteiger charge is -2.07. The summed E-state index contributed by atoms with van der Waals surface area (Å²) < 4.78 is 0. The van der Waals surface area contributed by atoms with Crippen molar-refractivity contribution in [1.82, 2.24) is 10.6 Å². The molecule has 0 bridgehead atoms. The summed E-state index contributed by atoms with van der Waals surface area (Å²) in [5, 5.41) is 4.94. The van der Waals surface area contributed by atoms with Crippen LogP contribution in [0.2, 0.25) is 0 Å². The Labute approximate surface area is 171 Å². The monoisotopic (exact) mass is 416 g/mol. The number of carbonyl (C=O) groups excluding carboxylic acids is 4. The van der Waals surface area contributed by atoms with E-state index in [4.69, 9.17) is 0 Å². The van der Waals surface area contributed by atoms with E-state index in [0.717, 1.165) is 23.5 Å². The van der Waals surface area contributed by atoms with Gasteiger partial charge in [-0.2, -0.15) is 0 Å². The molecule has 146 valence electrons. The molecule has 0 fully saturated rings. The molecular formula is C20H20N2O4S2. The maximum Gasteiger partial charge on any atom is 0.230 e. The number of hydrogen-bond acceptors (Lipinski definition) is 6. The van der Waals surface area contributed by atoms with Crippen LogP contribution in [0.3, 0.4) is 0 Å². The van der Waals surface area contributed by atoms with Crippen LogP contribution in [0.1, 0.15) is 20.7 Å². The van der Waals surface area contributed by atoms with Crippen LogP contribution in [0.25, 0.3) is 0 Å². The lowest BCUT2D eigenvalue weighted by Crippen LogP contribution is -2.36. The minimum Gasteiger partial charge on any atom is -0.354 e. The van der Waals surface area contributed by atoms with Crippen molar-refractivity contribution in [2.45, 2.75) is 0 Å². The van der Waals surface area contributed by atoms with Crippen LogP contribution in [0.15, 0.2) is 60.7 Å². The molecular weight excluding hydrogens is 396 g/mol. The van der Waals surface area contributed by atoms with Crippen LogP contribution in [0.5, 0.6) is 0 Å². The van der Waals surface area contributed by atoms with Crippen molar-refractivity contribution in [3.05, 3.63) is 71.8 Å². The Morgan fingerprint density at radius 1 is 0.607 bits per heavy atom. The average Bonchev–Trinajstić information content (AvgIpc) is 2.74. The van der Waals surface area contributed by atoms with Gasteiger partial charge in [0.2, 0.25) is 22.0 Å². The van der Waals surface area contributed by atoms with E-state index in [1.807, 2.05) is 12.1 Å². The van der Waals surface area contributed by atoms with Crippen molar-refractivity contribution < 1.29 is 19.2 Å². The SMILES string of the molecule is O=C(CSC(=O)c1ccccc1)NCCNC(=O)CSC(=O)c1ccccc1. The fourth-order valence-electron chi connectivity index (χ4n) is 2.08. The van der Waals surface area contributed by atoms with Gasteiger partial charge in [-0.1, -0.05) is 84.2 Å². The minimum atomic E-state index is -0.280. The van der Waals surface area contributed by atoms with E-state index < -0.39 is 0 Å². The fourth-order valence-corrected chi connectivity index (χ4v) is 3.42. The van der Waals surface area contributed by atoms with E-state index in [1.54, 1.807) is 48.5 Å². The van der Waals surface area contributed by atoms with Gasteiger partial charge in [-0.15, -0.1) is 0 Å². The van der Waals surface area contributed by atoms with Crippen LogP contribution in [-0.2, 0) is 9.59 Å². The van der Waals surface area contributed by atoms with Gasteiger partial charge in [0, 0.05) is 24.2 Å². The predicted octanol–water partition coefficient (Wildman–Crippen LogP) is 2.37.